The number of nitrogens with zero attached hydrogens (tertiary/aromatic N) is 2. The lowest BCUT2D eigenvalue weighted by atomic mass is 9.64. The van der Waals surface area contributed by atoms with Crippen molar-refractivity contribution in [2.45, 2.75) is 69.2 Å². The number of urea groups is 1. The first-order valence-corrected chi connectivity index (χ1v) is 11.9. The molecule has 6 nitrogen and oxygen atoms in total. The van der Waals surface area contributed by atoms with Gasteiger partial charge in [-0.15, -0.1) is 0 Å². The largest absolute Gasteiger partial charge is 0.351 e. The molecular weight excluding hydrogens is 426 g/mol. The van der Waals surface area contributed by atoms with E-state index in [1.54, 1.807) is 35.2 Å². The molecule has 2 aliphatic carbocycles. The second kappa shape index (κ2) is 8.92. The normalized spacial score (nSPS) is 24.2. The van der Waals surface area contributed by atoms with Gasteiger partial charge in [-0.2, -0.15) is 5.26 Å². The third-order valence-electron chi connectivity index (χ3n) is 8.02. The molecule has 1 spiro atoms. The SMILES string of the molecule is N#CC1(NC(=O)[C@@H](CC(F)(F)Cc2ccccc2)C2CCCC23CCN(C(N)=O)CC3)CC1. The summed E-state index contributed by atoms with van der Waals surface area (Å²) in [5.74, 6) is -4.56. The highest BCUT2D eigenvalue weighted by molar-refractivity contribution is 5.81. The molecule has 2 saturated carbocycles. The standard InChI is InChI=1S/C25H32F2N4O2/c26-25(27,15-18-5-2-1-3-6-18)16-19(21(32)30-24(17-28)9-10-24)20-7-4-8-23(20)11-13-31(14-12-23)22(29)33/h1-3,5-6,19-20H,4,7-16H2,(H2,29,33)(H,30,32)/t19-,20?/m0/s1. The highest BCUT2D eigenvalue weighted by Crippen LogP contribution is 2.55. The first-order chi connectivity index (χ1) is 15.7. The number of likely N-dealkylation sites (tertiary alicyclic amines) is 1. The van der Waals surface area contributed by atoms with Crippen molar-refractivity contribution in [1.29, 1.82) is 5.26 Å². The Balaban J connectivity index is 1.56. The van der Waals surface area contributed by atoms with Crippen LogP contribution >= 0.6 is 0 Å². The summed E-state index contributed by atoms with van der Waals surface area (Å²) in [5.41, 5.74) is 4.83. The molecule has 1 heterocycles. The lowest BCUT2D eigenvalue weighted by Crippen LogP contribution is -2.51. The van der Waals surface area contributed by atoms with Gasteiger partial charge in [0.05, 0.1) is 6.07 Å². The van der Waals surface area contributed by atoms with Crippen LogP contribution in [0.4, 0.5) is 13.6 Å². The number of primary amides is 1. The van der Waals surface area contributed by atoms with Gasteiger partial charge in [0.1, 0.15) is 5.54 Å². The number of amides is 3. The van der Waals surface area contributed by atoms with Gasteiger partial charge < -0.3 is 16.0 Å². The van der Waals surface area contributed by atoms with E-state index in [0.29, 0.717) is 50.8 Å². The van der Waals surface area contributed by atoms with E-state index in [-0.39, 0.29) is 11.3 Å². The van der Waals surface area contributed by atoms with E-state index in [9.17, 15) is 14.9 Å². The van der Waals surface area contributed by atoms with Gasteiger partial charge in [-0.05, 0) is 55.4 Å². The Kier molecular flexibility index (Phi) is 6.35. The second-order valence-corrected chi connectivity index (χ2v) is 10.2. The van der Waals surface area contributed by atoms with Crippen molar-refractivity contribution in [3.8, 4) is 6.07 Å². The van der Waals surface area contributed by atoms with Crippen molar-refractivity contribution in [1.82, 2.24) is 10.2 Å². The molecule has 3 amide bonds. The monoisotopic (exact) mass is 458 g/mol. The van der Waals surface area contributed by atoms with E-state index in [0.717, 1.165) is 12.8 Å². The molecule has 3 fully saturated rings. The highest BCUT2D eigenvalue weighted by Gasteiger charge is 2.54. The van der Waals surface area contributed by atoms with Crippen LogP contribution in [0.1, 0.15) is 56.9 Å². The summed E-state index contributed by atoms with van der Waals surface area (Å²) in [7, 11) is 0. The first-order valence-electron chi connectivity index (χ1n) is 11.9. The van der Waals surface area contributed by atoms with E-state index in [1.807, 2.05) is 0 Å². The third-order valence-corrected chi connectivity index (χ3v) is 8.02. The molecule has 0 bridgehead atoms. The molecule has 33 heavy (non-hydrogen) atoms. The maximum Gasteiger partial charge on any atom is 0.314 e. The molecule has 3 N–H and O–H groups in total. The van der Waals surface area contributed by atoms with Gasteiger partial charge in [0.25, 0.3) is 5.92 Å². The summed E-state index contributed by atoms with van der Waals surface area (Å²) in [6.45, 7) is 0.978. The maximum atomic E-state index is 15.3. The van der Waals surface area contributed by atoms with Gasteiger partial charge in [-0.1, -0.05) is 36.8 Å². The average Bonchev–Trinajstić information content (AvgIpc) is 3.45. The van der Waals surface area contributed by atoms with E-state index < -0.39 is 42.2 Å². The Bertz CT molecular complexity index is 918. The molecular formula is C25H32F2N4O2. The molecule has 4 rings (SSSR count). The highest BCUT2D eigenvalue weighted by atomic mass is 19.3. The number of carbonyl (C=O) groups is 2. The molecule has 1 aliphatic heterocycles. The Morgan fingerprint density at radius 2 is 1.85 bits per heavy atom. The number of hydrogen-bond acceptors (Lipinski definition) is 3. The molecule has 1 unspecified atom stereocenters. The van der Waals surface area contributed by atoms with Crippen LogP contribution in [0.5, 0.6) is 0 Å². The van der Waals surface area contributed by atoms with Crippen LogP contribution in [-0.4, -0.2) is 41.4 Å². The maximum absolute atomic E-state index is 15.3. The average molecular weight is 459 g/mol. The minimum absolute atomic E-state index is 0.205. The fraction of sp³-hybridized carbons (Fsp3) is 0.640. The molecule has 1 aromatic carbocycles. The molecule has 178 valence electrons. The lowest BCUT2D eigenvalue weighted by molar-refractivity contribution is -0.135. The first kappa shape index (κ1) is 23.5. The van der Waals surface area contributed by atoms with Crippen LogP contribution in [0, 0.1) is 28.6 Å². The van der Waals surface area contributed by atoms with E-state index in [2.05, 4.69) is 11.4 Å². The zero-order valence-electron chi connectivity index (χ0n) is 18.9. The summed E-state index contributed by atoms with van der Waals surface area (Å²) in [4.78, 5) is 26.6. The number of piperidine rings is 1. The van der Waals surface area contributed by atoms with Crippen LogP contribution in [-0.2, 0) is 11.2 Å². The molecule has 1 aromatic rings. The van der Waals surface area contributed by atoms with Gasteiger partial charge in [0.15, 0.2) is 0 Å². The quantitative estimate of drug-likeness (QED) is 0.646. The summed E-state index contributed by atoms with van der Waals surface area (Å²) in [5, 5.41) is 12.3. The summed E-state index contributed by atoms with van der Waals surface area (Å²) in [6.07, 6.45) is 3.93. The number of halogens is 2. The van der Waals surface area contributed by atoms with E-state index in [4.69, 9.17) is 5.73 Å². The summed E-state index contributed by atoms with van der Waals surface area (Å²) < 4.78 is 30.6. The Morgan fingerprint density at radius 3 is 2.42 bits per heavy atom. The Hall–Kier alpha value is -2.69. The number of carbonyl (C=O) groups excluding carboxylic acids is 2. The molecule has 8 heteroatoms. The predicted octanol–water partition coefficient (Wildman–Crippen LogP) is 4.00. The van der Waals surface area contributed by atoms with Gasteiger partial charge in [0.2, 0.25) is 5.91 Å². The molecule has 2 atom stereocenters. The fourth-order valence-corrected chi connectivity index (χ4v) is 6.01. The number of rotatable bonds is 7. The molecule has 0 radical (unpaired) electrons. The zero-order chi connectivity index (χ0) is 23.7. The van der Waals surface area contributed by atoms with E-state index in [1.165, 1.54) is 0 Å². The Labute approximate surface area is 193 Å². The van der Waals surface area contributed by atoms with Gasteiger partial charge >= 0.3 is 6.03 Å². The van der Waals surface area contributed by atoms with Crippen LogP contribution in [0.15, 0.2) is 30.3 Å². The van der Waals surface area contributed by atoms with Crippen molar-refractivity contribution in [3.63, 3.8) is 0 Å². The number of benzene rings is 1. The summed E-state index contributed by atoms with van der Waals surface area (Å²) >= 11 is 0. The van der Waals surface area contributed by atoms with Crippen molar-refractivity contribution >= 4 is 11.9 Å². The minimum Gasteiger partial charge on any atom is -0.351 e. The Morgan fingerprint density at radius 1 is 1.18 bits per heavy atom. The van der Waals surface area contributed by atoms with Crippen molar-refractivity contribution in [2.24, 2.45) is 23.0 Å². The number of nitrogens with two attached hydrogens (primary N) is 1. The molecule has 3 aliphatic rings. The number of nitrogens with one attached hydrogen (secondary N) is 1. The van der Waals surface area contributed by atoms with Crippen molar-refractivity contribution in [3.05, 3.63) is 35.9 Å². The fourth-order valence-electron chi connectivity index (χ4n) is 6.01. The lowest BCUT2D eigenvalue weighted by Gasteiger charge is -2.45. The van der Waals surface area contributed by atoms with Gasteiger partial charge in [-0.25, -0.2) is 13.6 Å². The number of alkyl halides is 2. The number of hydrogen-bond donors (Lipinski definition) is 2. The summed E-state index contributed by atoms with van der Waals surface area (Å²) in [6, 6.07) is 10.3. The third kappa shape index (κ3) is 5.13. The van der Waals surface area contributed by atoms with Crippen LogP contribution < -0.4 is 11.1 Å². The van der Waals surface area contributed by atoms with Gasteiger partial charge in [0, 0.05) is 31.8 Å². The van der Waals surface area contributed by atoms with Crippen LogP contribution in [0.25, 0.3) is 0 Å². The van der Waals surface area contributed by atoms with Gasteiger partial charge in [-0.3, -0.25) is 4.79 Å². The predicted molar refractivity (Wildman–Crippen MR) is 119 cm³/mol. The molecule has 1 saturated heterocycles. The minimum atomic E-state index is -3.05. The number of nitriles is 1. The molecule has 0 aromatic heterocycles. The van der Waals surface area contributed by atoms with Crippen LogP contribution in [0.3, 0.4) is 0 Å². The smallest absolute Gasteiger partial charge is 0.314 e. The van der Waals surface area contributed by atoms with E-state index >= 15 is 8.78 Å². The van der Waals surface area contributed by atoms with Crippen molar-refractivity contribution in [2.75, 3.05) is 13.1 Å². The zero-order valence-corrected chi connectivity index (χ0v) is 18.9. The van der Waals surface area contributed by atoms with Crippen LogP contribution in [0.2, 0.25) is 0 Å². The topological polar surface area (TPSA) is 99.2 Å². The second-order valence-electron chi connectivity index (χ2n) is 10.2. The van der Waals surface area contributed by atoms with Crippen molar-refractivity contribution < 1.29 is 18.4 Å².